The zero-order valence-electron chi connectivity index (χ0n) is 36.3. The van der Waals surface area contributed by atoms with E-state index in [0.29, 0.717) is 28.3 Å². The van der Waals surface area contributed by atoms with E-state index in [1.807, 2.05) is 81.4 Å². The second-order valence-corrected chi connectivity index (χ2v) is 16.0. The molecule has 0 unspecified atom stereocenters. The molecule has 63 heavy (non-hydrogen) atoms. The Balaban J connectivity index is 0. The number of hydrogen-bond acceptors (Lipinski definition) is 15. The number of ether oxygens (including phenoxy) is 1. The lowest BCUT2D eigenvalue weighted by Gasteiger charge is -2.32. The van der Waals surface area contributed by atoms with Gasteiger partial charge in [0, 0.05) is 10.5 Å². The summed E-state index contributed by atoms with van der Waals surface area (Å²) < 4.78 is 41.8. The van der Waals surface area contributed by atoms with Gasteiger partial charge in [-0.25, -0.2) is 4.39 Å². The number of rotatable bonds is 4. The van der Waals surface area contributed by atoms with E-state index in [2.05, 4.69) is 15.9 Å². The standard InChI is InChI=1S/C13H12BFO3.C13H19BO3.C7H7BrO.C6H12BO2.3CO2.CH4/c1-9-7-12(5-6-13(9)14(16)17)18-11-4-2-3-10(15)8-11;1-9-8-10(15)6-7-11(9)14-16-12(2,3)13(4,5)17-14;1-5-4-6(9)2-3-7(5)8;1-5(2)6(3,4)9-7-8-5;3*2-1-3;/h2-8,16-17H,1H3;6-8,15H,1-5H3;2-4,9H,1H3;1-4H3;;;;1H4. The van der Waals surface area contributed by atoms with Crippen LogP contribution in [0.5, 0.6) is 23.0 Å². The van der Waals surface area contributed by atoms with E-state index in [4.69, 9.17) is 67.3 Å². The monoisotopic (exact) mass is 941 g/mol. The molecule has 4 aromatic rings. The average Bonchev–Trinajstić information content (AvgIpc) is 3.53. The molecule has 4 N–H and O–H groups in total. The van der Waals surface area contributed by atoms with Crippen LogP contribution in [0.4, 0.5) is 4.39 Å². The van der Waals surface area contributed by atoms with Crippen molar-refractivity contribution in [2.45, 2.75) is 106 Å². The molecule has 2 aliphatic heterocycles. The second-order valence-electron chi connectivity index (χ2n) is 15.1. The number of halogens is 2. The fourth-order valence-electron chi connectivity index (χ4n) is 4.74. The summed E-state index contributed by atoms with van der Waals surface area (Å²) in [5.41, 5.74) is 3.07. The molecule has 0 saturated carbocycles. The summed E-state index contributed by atoms with van der Waals surface area (Å²) in [6.07, 6.45) is 0.750. The Morgan fingerprint density at radius 2 is 1.08 bits per heavy atom. The minimum atomic E-state index is -1.51. The van der Waals surface area contributed by atoms with E-state index in [1.54, 1.807) is 61.5 Å². The molecule has 4 aromatic carbocycles. The van der Waals surface area contributed by atoms with Gasteiger partial charge < -0.3 is 43.6 Å². The molecular formula is C43H54B3BrFO15. The highest BCUT2D eigenvalue weighted by Crippen LogP contribution is 2.37. The van der Waals surface area contributed by atoms with Gasteiger partial charge in [0.25, 0.3) is 0 Å². The maximum absolute atomic E-state index is 13.0. The van der Waals surface area contributed by atoms with Crippen LogP contribution in [0.25, 0.3) is 0 Å². The van der Waals surface area contributed by atoms with Gasteiger partial charge in [-0.1, -0.05) is 41.6 Å². The zero-order chi connectivity index (χ0) is 48.1. The molecule has 0 aromatic heterocycles. The van der Waals surface area contributed by atoms with Crippen molar-refractivity contribution in [3.63, 3.8) is 0 Å². The van der Waals surface area contributed by atoms with Crippen molar-refractivity contribution in [2.24, 2.45) is 0 Å². The van der Waals surface area contributed by atoms with Crippen LogP contribution < -0.4 is 15.7 Å². The molecule has 20 heteroatoms. The van der Waals surface area contributed by atoms with E-state index >= 15 is 0 Å². The Kier molecular flexibility index (Phi) is 26.4. The number of aryl methyl sites for hydroxylation is 3. The minimum absolute atomic E-state index is 0. The van der Waals surface area contributed by atoms with Gasteiger partial charge in [-0.15, -0.1) is 0 Å². The predicted octanol–water partition coefficient (Wildman–Crippen LogP) is 6.08. The lowest BCUT2D eigenvalue weighted by atomic mass is 9.76. The van der Waals surface area contributed by atoms with Gasteiger partial charge in [0.05, 0.1) is 22.4 Å². The van der Waals surface area contributed by atoms with Crippen molar-refractivity contribution >= 4 is 67.2 Å². The van der Waals surface area contributed by atoms with E-state index < -0.39 is 7.12 Å². The lowest BCUT2D eigenvalue weighted by molar-refractivity contribution is -0.193. The Hall–Kier alpha value is -5.22. The highest BCUT2D eigenvalue weighted by molar-refractivity contribution is 9.10. The summed E-state index contributed by atoms with van der Waals surface area (Å²) in [7, 11) is -0.450. The van der Waals surface area contributed by atoms with Crippen molar-refractivity contribution in [3.05, 3.63) is 106 Å². The van der Waals surface area contributed by atoms with Crippen LogP contribution >= 0.6 is 15.9 Å². The zero-order valence-corrected chi connectivity index (χ0v) is 37.9. The maximum Gasteiger partial charge on any atom is 0.495 e. The van der Waals surface area contributed by atoms with Crippen LogP contribution in [-0.4, -0.2) is 83.0 Å². The van der Waals surface area contributed by atoms with Crippen molar-refractivity contribution in [3.8, 4) is 23.0 Å². The van der Waals surface area contributed by atoms with E-state index in [-0.39, 0.29) is 67.0 Å². The molecule has 2 fully saturated rings. The minimum Gasteiger partial charge on any atom is -0.508 e. The topological polar surface area (TPSA) is 229 Å². The first-order valence-electron chi connectivity index (χ1n) is 18.3. The Morgan fingerprint density at radius 3 is 1.44 bits per heavy atom. The fraction of sp³-hybridized carbons (Fsp3) is 0.372. The fourth-order valence-corrected chi connectivity index (χ4v) is 4.99. The average molecular weight is 942 g/mol. The maximum atomic E-state index is 13.0. The summed E-state index contributed by atoms with van der Waals surface area (Å²) >= 11 is 3.32. The van der Waals surface area contributed by atoms with Crippen LogP contribution in [0.3, 0.4) is 0 Å². The molecule has 15 nitrogen and oxygen atoms in total. The van der Waals surface area contributed by atoms with E-state index in [9.17, 15) is 9.50 Å². The molecule has 0 atom stereocenters. The largest absolute Gasteiger partial charge is 0.508 e. The summed E-state index contributed by atoms with van der Waals surface area (Å²) in [6.45, 7) is 21.8. The normalized spacial score (nSPS) is 14.8. The third-order valence-corrected chi connectivity index (χ3v) is 10.5. The first kappa shape index (κ1) is 59.9. The van der Waals surface area contributed by atoms with Gasteiger partial charge in [-0.3, -0.25) is 0 Å². The summed E-state index contributed by atoms with van der Waals surface area (Å²) in [5.74, 6) is 1.12. The Morgan fingerprint density at radius 1 is 0.635 bits per heavy atom. The van der Waals surface area contributed by atoms with Crippen molar-refractivity contribution in [1.82, 2.24) is 0 Å². The lowest BCUT2D eigenvalue weighted by Crippen LogP contribution is -2.41. The number of phenolic OH excluding ortho intramolecular Hbond substituents is 2. The molecule has 2 aliphatic rings. The summed E-state index contributed by atoms with van der Waals surface area (Å²) in [4.78, 5) is 48.8. The molecular weight excluding hydrogens is 888 g/mol. The van der Waals surface area contributed by atoms with E-state index in [0.717, 1.165) is 21.1 Å². The molecule has 2 saturated heterocycles. The number of benzene rings is 4. The van der Waals surface area contributed by atoms with Crippen molar-refractivity contribution in [2.75, 3.05) is 0 Å². The molecule has 2 heterocycles. The number of carbonyl (C=O) groups excluding carboxylic acids is 6. The predicted molar refractivity (Wildman–Crippen MR) is 234 cm³/mol. The van der Waals surface area contributed by atoms with Crippen molar-refractivity contribution in [1.29, 1.82) is 0 Å². The third kappa shape index (κ3) is 20.2. The first-order chi connectivity index (χ1) is 28.7. The quantitative estimate of drug-likeness (QED) is 0.170. The third-order valence-electron chi connectivity index (χ3n) is 9.59. The van der Waals surface area contributed by atoms with Gasteiger partial charge in [-0.2, -0.15) is 28.8 Å². The van der Waals surface area contributed by atoms with Crippen LogP contribution in [0.15, 0.2) is 83.3 Å². The first-order valence-corrected chi connectivity index (χ1v) is 19.1. The molecule has 0 amide bonds. The Labute approximate surface area is 377 Å². The SMILES string of the molecule is C.CC1(C)O[B]OC1(C)C.Cc1cc(O)ccc1B1OC(C)(C)C(C)(C)O1.Cc1cc(O)ccc1Br.Cc1cc(Oc2cccc(F)c2)ccc1B(O)O.O=C=O.O=C=O.O=C=O. The summed E-state index contributed by atoms with van der Waals surface area (Å²) in [5, 5.41) is 36.5. The van der Waals surface area contributed by atoms with E-state index in [1.165, 1.54) is 19.8 Å². The molecule has 0 aliphatic carbocycles. The molecule has 1 radical (unpaired) electrons. The highest BCUT2D eigenvalue weighted by atomic mass is 79.9. The number of phenols is 2. The van der Waals surface area contributed by atoms with Crippen LogP contribution in [0, 0.1) is 26.6 Å². The van der Waals surface area contributed by atoms with Crippen LogP contribution in [-0.2, 0) is 47.4 Å². The van der Waals surface area contributed by atoms with Crippen LogP contribution in [0.1, 0.15) is 79.5 Å². The Bertz CT molecular complexity index is 2070. The van der Waals surface area contributed by atoms with Gasteiger partial charge in [0.15, 0.2) is 0 Å². The van der Waals surface area contributed by atoms with Gasteiger partial charge in [0.1, 0.15) is 28.8 Å². The second kappa shape index (κ2) is 27.8. The summed E-state index contributed by atoms with van der Waals surface area (Å²) in [6, 6.07) is 21.1. The molecule has 0 spiro atoms. The van der Waals surface area contributed by atoms with Crippen LogP contribution in [0.2, 0.25) is 0 Å². The van der Waals surface area contributed by atoms with Gasteiger partial charge >= 0.3 is 40.4 Å². The highest BCUT2D eigenvalue weighted by Gasteiger charge is 2.52. The molecule has 0 bridgehead atoms. The van der Waals surface area contributed by atoms with Gasteiger partial charge in [-0.05, 0) is 158 Å². The molecule has 339 valence electrons. The smallest absolute Gasteiger partial charge is 0.495 e. The van der Waals surface area contributed by atoms with Crippen molar-refractivity contribution < 1.29 is 76.8 Å². The number of hydrogen-bond donors (Lipinski definition) is 4. The number of aromatic hydroxyl groups is 2. The van der Waals surface area contributed by atoms with Gasteiger partial charge in [0.2, 0.25) is 0 Å². The molecule has 6 rings (SSSR count).